The molecule has 0 aromatic heterocycles. The predicted molar refractivity (Wildman–Crippen MR) is 61.8 cm³/mol. The summed E-state index contributed by atoms with van der Waals surface area (Å²) in [5.74, 6) is -1.10. The molecule has 5 heteroatoms. The first-order valence-corrected chi connectivity index (χ1v) is 5.97. The molecule has 0 bridgehead atoms. The molecular formula is C13H16F3NO. The van der Waals surface area contributed by atoms with Gasteiger partial charge in [0.1, 0.15) is 5.82 Å². The Morgan fingerprint density at radius 3 is 2.50 bits per heavy atom. The zero-order chi connectivity index (χ0) is 13.1. The van der Waals surface area contributed by atoms with Gasteiger partial charge in [-0.05, 0) is 24.1 Å². The second kappa shape index (κ2) is 5.71. The second-order valence-corrected chi connectivity index (χ2v) is 4.80. The first-order chi connectivity index (χ1) is 8.54. The van der Waals surface area contributed by atoms with Crippen LogP contribution in [0.2, 0.25) is 0 Å². The summed E-state index contributed by atoms with van der Waals surface area (Å²) in [6, 6.07) is 5.96. The standard InChI is InChI=1S/C13H16F3NO/c14-11-3-1-9(2-4-11)6-17-7-10(13(15)16)5-12(18)8-17/h1-4,10,12-13,18H,5-8H2/t10-,12+/m1/s1. The molecule has 0 aliphatic carbocycles. The van der Waals surface area contributed by atoms with Gasteiger partial charge in [0.2, 0.25) is 6.43 Å². The number of nitrogens with zero attached hydrogens (tertiary/aromatic N) is 1. The van der Waals surface area contributed by atoms with E-state index < -0.39 is 18.4 Å². The van der Waals surface area contributed by atoms with Crippen molar-refractivity contribution < 1.29 is 18.3 Å². The van der Waals surface area contributed by atoms with Crippen LogP contribution in [0.1, 0.15) is 12.0 Å². The third-order valence-electron chi connectivity index (χ3n) is 3.21. The highest BCUT2D eigenvalue weighted by atomic mass is 19.3. The Morgan fingerprint density at radius 1 is 1.22 bits per heavy atom. The van der Waals surface area contributed by atoms with Gasteiger partial charge in [0.25, 0.3) is 0 Å². The molecule has 100 valence electrons. The summed E-state index contributed by atoms with van der Waals surface area (Å²) in [7, 11) is 0. The number of aliphatic hydroxyl groups excluding tert-OH is 1. The number of β-amino-alcohol motifs (C(OH)–C–C–N with tert-alkyl or cyclic N) is 1. The molecule has 1 aliphatic rings. The minimum Gasteiger partial charge on any atom is -0.392 e. The van der Waals surface area contributed by atoms with Gasteiger partial charge in [0.15, 0.2) is 0 Å². The molecule has 1 heterocycles. The van der Waals surface area contributed by atoms with E-state index in [1.807, 2.05) is 0 Å². The first kappa shape index (κ1) is 13.4. The van der Waals surface area contributed by atoms with Crippen molar-refractivity contribution in [3.05, 3.63) is 35.6 Å². The van der Waals surface area contributed by atoms with Gasteiger partial charge in [-0.15, -0.1) is 0 Å². The molecule has 1 aliphatic heterocycles. The van der Waals surface area contributed by atoms with Crippen LogP contribution in [0.5, 0.6) is 0 Å². The fourth-order valence-corrected chi connectivity index (χ4v) is 2.36. The van der Waals surface area contributed by atoms with Crippen LogP contribution < -0.4 is 0 Å². The second-order valence-electron chi connectivity index (χ2n) is 4.80. The molecule has 1 aromatic rings. The van der Waals surface area contributed by atoms with Crippen LogP contribution in [-0.2, 0) is 6.54 Å². The van der Waals surface area contributed by atoms with E-state index in [0.29, 0.717) is 13.1 Å². The molecule has 0 saturated carbocycles. The Bertz CT molecular complexity index is 382. The lowest BCUT2D eigenvalue weighted by Gasteiger charge is -2.35. The van der Waals surface area contributed by atoms with Crippen LogP contribution >= 0.6 is 0 Å². The highest BCUT2D eigenvalue weighted by Crippen LogP contribution is 2.24. The number of piperidine rings is 1. The van der Waals surface area contributed by atoms with Crippen molar-refractivity contribution in [1.29, 1.82) is 0 Å². The lowest BCUT2D eigenvalue weighted by atomic mass is 9.96. The molecular weight excluding hydrogens is 243 g/mol. The number of hydrogen-bond donors (Lipinski definition) is 1. The molecule has 2 rings (SSSR count). The van der Waals surface area contributed by atoms with Crippen molar-refractivity contribution in [3.8, 4) is 0 Å². The number of likely N-dealkylation sites (tertiary alicyclic amines) is 1. The van der Waals surface area contributed by atoms with Gasteiger partial charge >= 0.3 is 0 Å². The zero-order valence-corrected chi connectivity index (χ0v) is 9.90. The van der Waals surface area contributed by atoms with Gasteiger partial charge in [-0.1, -0.05) is 12.1 Å². The SMILES string of the molecule is O[C@H]1C[C@@H](C(F)F)CN(Cc2ccc(F)cc2)C1. The highest BCUT2D eigenvalue weighted by molar-refractivity contribution is 5.16. The van der Waals surface area contributed by atoms with Crippen molar-refractivity contribution in [2.45, 2.75) is 25.5 Å². The molecule has 1 N–H and O–H groups in total. The maximum Gasteiger partial charge on any atom is 0.242 e. The fourth-order valence-electron chi connectivity index (χ4n) is 2.36. The van der Waals surface area contributed by atoms with Gasteiger partial charge in [-0.3, -0.25) is 4.90 Å². The third kappa shape index (κ3) is 3.46. The number of alkyl halides is 2. The van der Waals surface area contributed by atoms with Crippen LogP contribution in [0.3, 0.4) is 0 Å². The molecule has 2 atom stereocenters. The minimum absolute atomic E-state index is 0.150. The molecule has 1 saturated heterocycles. The van der Waals surface area contributed by atoms with Crippen LogP contribution in [0.25, 0.3) is 0 Å². The average molecular weight is 259 g/mol. The largest absolute Gasteiger partial charge is 0.392 e. The smallest absolute Gasteiger partial charge is 0.242 e. The van der Waals surface area contributed by atoms with Crippen molar-refractivity contribution in [2.75, 3.05) is 13.1 Å². The summed E-state index contributed by atoms with van der Waals surface area (Å²) in [6.07, 6.45) is -2.97. The summed E-state index contributed by atoms with van der Waals surface area (Å²) >= 11 is 0. The lowest BCUT2D eigenvalue weighted by molar-refractivity contribution is -0.0280. The summed E-state index contributed by atoms with van der Waals surface area (Å²) in [6.45, 7) is 1.12. The van der Waals surface area contributed by atoms with E-state index in [2.05, 4.69) is 0 Å². The van der Waals surface area contributed by atoms with E-state index in [0.717, 1.165) is 5.56 Å². The van der Waals surface area contributed by atoms with E-state index in [1.165, 1.54) is 12.1 Å². The van der Waals surface area contributed by atoms with Gasteiger partial charge in [0.05, 0.1) is 6.10 Å². The summed E-state index contributed by atoms with van der Waals surface area (Å²) in [4.78, 5) is 1.79. The molecule has 18 heavy (non-hydrogen) atoms. The van der Waals surface area contributed by atoms with Crippen molar-refractivity contribution in [3.63, 3.8) is 0 Å². The Hall–Kier alpha value is -1.07. The Morgan fingerprint density at radius 2 is 1.89 bits per heavy atom. The summed E-state index contributed by atoms with van der Waals surface area (Å²) in [5.41, 5.74) is 0.860. The quantitative estimate of drug-likeness (QED) is 0.900. The van der Waals surface area contributed by atoms with E-state index in [9.17, 15) is 18.3 Å². The Labute approximate surface area is 104 Å². The molecule has 1 aromatic carbocycles. The molecule has 2 nitrogen and oxygen atoms in total. The minimum atomic E-state index is -2.41. The zero-order valence-electron chi connectivity index (χ0n) is 9.90. The Kier molecular flexibility index (Phi) is 4.24. The first-order valence-electron chi connectivity index (χ1n) is 5.97. The maximum atomic E-state index is 12.7. The van der Waals surface area contributed by atoms with E-state index >= 15 is 0 Å². The number of hydrogen-bond acceptors (Lipinski definition) is 2. The molecule has 0 unspecified atom stereocenters. The average Bonchev–Trinajstić information content (AvgIpc) is 2.31. The highest BCUT2D eigenvalue weighted by Gasteiger charge is 2.31. The van der Waals surface area contributed by atoms with E-state index in [4.69, 9.17) is 0 Å². The maximum absolute atomic E-state index is 12.7. The monoisotopic (exact) mass is 259 g/mol. The number of aliphatic hydroxyl groups is 1. The summed E-state index contributed by atoms with van der Waals surface area (Å²) in [5, 5.41) is 9.59. The topological polar surface area (TPSA) is 23.5 Å². The van der Waals surface area contributed by atoms with Crippen molar-refractivity contribution in [1.82, 2.24) is 4.90 Å². The molecule has 1 fully saturated rings. The fraction of sp³-hybridized carbons (Fsp3) is 0.538. The lowest BCUT2D eigenvalue weighted by Crippen LogP contribution is -2.44. The van der Waals surface area contributed by atoms with Crippen molar-refractivity contribution >= 4 is 0 Å². The molecule has 0 spiro atoms. The molecule has 0 radical (unpaired) electrons. The predicted octanol–water partition coefficient (Wildman–Crippen LogP) is 2.27. The van der Waals surface area contributed by atoms with Gasteiger partial charge < -0.3 is 5.11 Å². The van der Waals surface area contributed by atoms with Gasteiger partial charge in [-0.2, -0.15) is 0 Å². The number of halogens is 3. The van der Waals surface area contributed by atoms with E-state index in [1.54, 1.807) is 17.0 Å². The number of rotatable bonds is 3. The van der Waals surface area contributed by atoms with Crippen LogP contribution in [0.15, 0.2) is 24.3 Å². The molecule has 0 amide bonds. The van der Waals surface area contributed by atoms with Gasteiger partial charge in [-0.25, -0.2) is 13.2 Å². The normalized spacial score (nSPS) is 25.6. The van der Waals surface area contributed by atoms with E-state index in [-0.39, 0.29) is 18.8 Å². The van der Waals surface area contributed by atoms with Crippen LogP contribution in [0, 0.1) is 11.7 Å². The van der Waals surface area contributed by atoms with Crippen molar-refractivity contribution in [2.24, 2.45) is 5.92 Å². The number of benzene rings is 1. The third-order valence-corrected chi connectivity index (χ3v) is 3.21. The Balaban J connectivity index is 1.98. The van der Waals surface area contributed by atoms with Gasteiger partial charge in [0, 0.05) is 25.6 Å². The summed E-state index contributed by atoms with van der Waals surface area (Å²) < 4.78 is 38.1. The van der Waals surface area contributed by atoms with Crippen LogP contribution in [0.4, 0.5) is 13.2 Å². The van der Waals surface area contributed by atoms with Crippen LogP contribution in [-0.4, -0.2) is 35.6 Å².